The van der Waals surface area contributed by atoms with E-state index in [0.717, 1.165) is 31.4 Å². The molecule has 0 spiro atoms. The van der Waals surface area contributed by atoms with Gasteiger partial charge in [0.25, 0.3) is 22.7 Å². The Hall–Kier alpha value is -4.10. The molecule has 3 radical (unpaired) electrons. The van der Waals surface area contributed by atoms with E-state index < -0.39 is 40.7 Å². The Morgan fingerprint density at radius 3 is 1.32 bits per heavy atom. The predicted molar refractivity (Wildman–Crippen MR) is 196 cm³/mol. The van der Waals surface area contributed by atoms with Crippen molar-refractivity contribution in [1.29, 1.82) is 0 Å². The number of ether oxygens (including phenoxy) is 4. The molecule has 0 saturated heterocycles. The number of nitrogens with zero attached hydrogens (tertiary/aromatic N) is 4. The number of benzene rings is 4. The molecular weight excluding hydrogens is 884 g/mol. The Balaban J connectivity index is -0.000000204. The van der Waals surface area contributed by atoms with Crippen molar-refractivity contribution in [3.05, 3.63) is 143 Å². The Morgan fingerprint density at radius 1 is 0.643 bits per heavy atom. The molecule has 0 aromatic heterocycles. The normalized spacial score (nSPS) is 8.54. The maximum Gasteiger partial charge on any atom is 1.00 e. The van der Waals surface area contributed by atoms with Gasteiger partial charge in [-0.25, -0.2) is 46.1 Å². The molecule has 4 rings (SSSR count). The first-order valence-corrected chi connectivity index (χ1v) is 15.3. The molecule has 0 bridgehead atoms. The molecular formula is C35H27BBr2F5LiN4NaO7. The topological polar surface area (TPSA) is 115 Å². The van der Waals surface area contributed by atoms with Crippen LogP contribution in [0.5, 0.6) is 17.2 Å². The van der Waals surface area contributed by atoms with Crippen molar-refractivity contribution in [2.45, 2.75) is 6.61 Å². The van der Waals surface area contributed by atoms with Crippen LogP contribution < -0.4 is 67.7 Å². The van der Waals surface area contributed by atoms with Crippen LogP contribution in [-0.4, -0.2) is 55.0 Å². The second-order valence-corrected chi connectivity index (χ2v) is 10.7. The first kappa shape index (κ1) is 58.6. The monoisotopic (exact) mass is 909 g/mol. The van der Waals surface area contributed by atoms with E-state index in [4.69, 9.17) is 50.7 Å². The average Bonchev–Trinajstić information content (AvgIpc) is 3.14. The van der Waals surface area contributed by atoms with Gasteiger partial charge in [-0.2, -0.15) is 7.11 Å². The molecule has 0 aliphatic rings. The summed E-state index contributed by atoms with van der Waals surface area (Å²) in [5.74, 6) is -3.98. The van der Waals surface area contributed by atoms with E-state index in [1.807, 2.05) is 0 Å². The summed E-state index contributed by atoms with van der Waals surface area (Å²) in [4.78, 5) is 22.8. The number of hydrogen-bond acceptors (Lipinski definition) is 7. The van der Waals surface area contributed by atoms with Crippen molar-refractivity contribution in [2.24, 2.45) is 0 Å². The fourth-order valence-electron chi connectivity index (χ4n) is 3.50. The number of aliphatic hydroxyl groups excluding tert-OH is 1. The largest absolute Gasteiger partial charge is 1.00 e. The molecule has 283 valence electrons. The van der Waals surface area contributed by atoms with Gasteiger partial charge in [0, 0.05) is 17.4 Å². The standard InChI is InChI=1S/C10H8FNO3.C9H8FNO2.C8H5BrFNO.C7H2BrF2N.CH3O.B.Li.Na.H/c1-12-9-7(11)4-6(10(13)15-3)5-8(9)14-2;1-11-9-7(10)3-6(5-12)4-8(9)13-2;1-11-8-6(10)3-5(9)4-7(8)12-2;1-11-7-5(9)2-4(8)3-6(7)10;1-2;;;;/h4-5H,2-3H3;3-4,12H,5H2,2H3;3-4H,2H3;2-3H;1H3;;;;/q;;;;-1;;2*+1;-1. The molecule has 11 nitrogen and oxygen atoms in total. The van der Waals surface area contributed by atoms with Crippen LogP contribution in [0.4, 0.5) is 44.7 Å². The Bertz CT molecular complexity index is 2070. The van der Waals surface area contributed by atoms with Crippen LogP contribution >= 0.6 is 31.9 Å². The number of esters is 1. The molecule has 1 N–H and O–H groups in total. The number of methoxy groups -OCH3 is 4. The van der Waals surface area contributed by atoms with Crippen molar-refractivity contribution in [2.75, 3.05) is 35.5 Å². The molecule has 0 unspecified atom stereocenters. The summed E-state index contributed by atoms with van der Waals surface area (Å²) in [7, 11) is 5.99. The van der Waals surface area contributed by atoms with Crippen LogP contribution in [0.15, 0.2) is 57.5 Å². The Labute approximate surface area is 374 Å². The third-order valence-electron chi connectivity index (χ3n) is 5.80. The minimum absolute atomic E-state index is 0. The summed E-state index contributed by atoms with van der Waals surface area (Å²) in [6.07, 6.45) is 0. The minimum Gasteiger partial charge on any atom is -1.00 e. The van der Waals surface area contributed by atoms with Crippen LogP contribution in [0, 0.1) is 55.4 Å². The number of hydrogen-bond donors (Lipinski definition) is 1. The number of aliphatic hydroxyl groups is 1. The number of rotatable bonds is 5. The fraction of sp³-hybridized carbons (Fsp3) is 0.171. The molecule has 4 aromatic rings. The van der Waals surface area contributed by atoms with Gasteiger partial charge in [-0.05, 0) is 54.1 Å². The summed E-state index contributed by atoms with van der Waals surface area (Å²) in [5, 5.41) is 17.0. The zero-order valence-corrected chi connectivity index (χ0v) is 35.9. The zero-order valence-electron chi connectivity index (χ0n) is 31.7. The SMILES string of the molecule is C[O-].[B].[C-]#[N+]c1c(F)cc(Br)cc1F.[C-]#[N+]c1c(F)cc(Br)cc1OC.[C-]#[N+]c1c(F)cc(C(=O)OC)cc1OC.[C-]#[N+]c1c(F)cc(CO)cc1OC.[H-].[Li+].[Na+]. The van der Waals surface area contributed by atoms with E-state index in [1.54, 1.807) is 6.07 Å². The Morgan fingerprint density at radius 2 is 0.964 bits per heavy atom. The van der Waals surface area contributed by atoms with Crippen molar-refractivity contribution >= 4 is 69.0 Å². The zero-order chi connectivity index (χ0) is 40.8. The van der Waals surface area contributed by atoms with E-state index in [2.05, 4.69) is 56.0 Å². The third kappa shape index (κ3) is 17.8. The van der Waals surface area contributed by atoms with Crippen LogP contribution in [0.3, 0.4) is 0 Å². The van der Waals surface area contributed by atoms with Crippen molar-refractivity contribution in [1.82, 2.24) is 0 Å². The van der Waals surface area contributed by atoms with Crippen LogP contribution in [0.1, 0.15) is 17.3 Å². The second kappa shape index (κ2) is 31.0. The van der Waals surface area contributed by atoms with Gasteiger partial charge in [0.2, 0.25) is 0 Å². The first-order valence-electron chi connectivity index (χ1n) is 13.7. The average molecular weight is 911 g/mol. The van der Waals surface area contributed by atoms with E-state index >= 15 is 0 Å². The van der Waals surface area contributed by atoms with E-state index in [1.165, 1.54) is 46.6 Å². The molecule has 21 heteroatoms. The van der Waals surface area contributed by atoms with E-state index in [-0.39, 0.29) is 105 Å². The molecule has 0 saturated carbocycles. The van der Waals surface area contributed by atoms with E-state index in [0.29, 0.717) is 14.5 Å². The maximum atomic E-state index is 13.3. The van der Waals surface area contributed by atoms with Crippen LogP contribution in [-0.2, 0) is 11.3 Å². The fourth-order valence-corrected chi connectivity index (χ4v) is 4.31. The first-order chi connectivity index (χ1) is 25.2. The number of halogens is 7. The molecule has 0 amide bonds. The maximum absolute atomic E-state index is 13.3. The summed E-state index contributed by atoms with van der Waals surface area (Å²) in [5.41, 5.74) is -0.639. The van der Waals surface area contributed by atoms with Crippen LogP contribution in [0.25, 0.3) is 19.4 Å². The van der Waals surface area contributed by atoms with Gasteiger partial charge in [0.15, 0.2) is 0 Å². The molecule has 0 heterocycles. The van der Waals surface area contributed by atoms with Gasteiger partial charge in [-0.1, -0.05) is 31.9 Å². The number of carbonyl (C=O) groups is 1. The quantitative estimate of drug-likeness (QED) is 0.142. The van der Waals surface area contributed by atoms with Gasteiger partial charge >= 0.3 is 54.4 Å². The summed E-state index contributed by atoms with van der Waals surface area (Å²) in [6.45, 7) is 26.3. The van der Waals surface area contributed by atoms with Crippen molar-refractivity contribution in [3.8, 4) is 17.2 Å². The van der Waals surface area contributed by atoms with Crippen molar-refractivity contribution in [3.63, 3.8) is 0 Å². The predicted octanol–water partition coefficient (Wildman–Crippen LogP) is 3.19. The molecule has 56 heavy (non-hydrogen) atoms. The molecule has 0 aliphatic heterocycles. The van der Waals surface area contributed by atoms with Crippen molar-refractivity contribution < 1.29 is 106 Å². The van der Waals surface area contributed by atoms with Gasteiger partial charge in [-0.15, -0.1) is 0 Å². The van der Waals surface area contributed by atoms with Gasteiger partial charge in [-0.3, -0.25) is 0 Å². The smallest absolute Gasteiger partial charge is 1.00 e. The van der Waals surface area contributed by atoms with Crippen LogP contribution in [0.2, 0.25) is 0 Å². The summed E-state index contributed by atoms with van der Waals surface area (Å²) < 4.78 is 84.3. The van der Waals surface area contributed by atoms with Gasteiger partial charge < -0.3 is 30.6 Å². The molecule has 4 aromatic carbocycles. The Kier molecular flexibility index (Phi) is 32.5. The molecule has 0 aliphatic carbocycles. The molecule has 0 fully saturated rings. The minimum atomic E-state index is -0.841. The second-order valence-electron chi connectivity index (χ2n) is 8.89. The third-order valence-corrected chi connectivity index (χ3v) is 6.72. The summed E-state index contributed by atoms with van der Waals surface area (Å²) in [6, 6.07) is 9.66. The van der Waals surface area contributed by atoms with E-state index in [9.17, 15) is 26.7 Å². The number of carbonyl (C=O) groups excluding carboxylic acids is 1. The van der Waals surface area contributed by atoms with Gasteiger partial charge in [0.1, 0.15) is 46.3 Å². The summed E-state index contributed by atoms with van der Waals surface area (Å²) >= 11 is 5.99. The molecule has 0 atom stereocenters. The van der Waals surface area contributed by atoms with Gasteiger partial charge in [0.05, 0.1) is 66.9 Å².